The summed E-state index contributed by atoms with van der Waals surface area (Å²) in [6.45, 7) is 8.69. The molecule has 1 aliphatic rings. The summed E-state index contributed by atoms with van der Waals surface area (Å²) in [7, 11) is 0. The van der Waals surface area contributed by atoms with E-state index in [9.17, 15) is 4.79 Å². The van der Waals surface area contributed by atoms with E-state index in [0.29, 0.717) is 12.5 Å². The van der Waals surface area contributed by atoms with Crippen molar-refractivity contribution in [1.29, 1.82) is 0 Å². The first-order chi connectivity index (χ1) is 7.63. The van der Waals surface area contributed by atoms with E-state index in [1.807, 2.05) is 13.0 Å². The average Bonchev–Trinajstić information content (AvgIpc) is 2.99. The lowest BCUT2D eigenvalue weighted by atomic mass is 10.2. The van der Waals surface area contributed by atoms with Gasteiger partial charge in [-0.3, -0.25) is 4.90 Å². The Kier molecular flexibility index (Phi) is 5.53. The molecule has 1 saturated carbocycles. The SMILES string of the molecule is CCOC(=O)/C=C/CN(CC(C)C)C1CC1. The molecule has 3 nitrogen and oxygen atoms in total. The van der Waals surface area contributed by atoms with Gasteiger partial charge in [0.05, 0.1) is 6.61 Å². The third-order valence-corrected chi connectivity index (χ3v) is 2.54. The van der Waals surface area contributed by atoms with Crippen LogP contribution in [0.4, 0.5) is 0 Å². The molecule has 3 heteroatoms. The summed E-state index contributed by atoms with van der Waals surface area (Å²) in [4.78, 5) is 13.5. The van der Waals surface area contributed by atoms with E-state index < -0.39 is 0 Å². The van der Waals surface area contributed by atoms with Crippen molar-refractivity contribution in [3.63, 3.8) is 0 Å². The second kappa shape index (κ2) is 6.69. The Morgan fingerprint density at radius 2 is 2.19 bits per heavy atom. The van der Waals surface area contributed by atoms with Gasteiger partial charge < -0.3 is 4.74 Å². The smallest absolute Gasteiger partial charge is 0.330 e. The fourth-order valence-corrected chi connectivity index (χ4v) is 1.76. The van der Waals surface area contributed by atoms with Gasteiger partial charge in [0, 0.05) is 25.2 Å². The average molecular weight is 225 g/mol. The van der Waals surface area contributed by atoms with E-state index in [1.165, 1.54) is 12.8 Å². The maximum Gasteiger partial charge on any atom is 0.330 e. The molecule has 92 valence electrons. The summed E-state index contributed by atoms with van der Waals surface area (Å²) < 4.78 is 4.84. The zero-order valence-electron chi connectivity index (χ0n) is 10.6. The highest BCUT2D eigenvalue weighted by Crippen LogP contribution is 2.27. The first-order valence-electron chi connectivity index (χ1n) is 6.20. The van der Waals surface area contributed by atoms with Crippen LogP contribution in [0.5, 0.6) is 0 Å². The Bertz CT molecular complexity index is 244. The van der Waals surface area contributed by atoms with Crippen LogP contribution < -0.4 is 0 Å². The molecule has 0 aromatic rings. The summed E-state index contributed by atoms with van der Waals surface area (Å²) >= 11 is 0. The van der Waals surface area contributed by atoms with Gasteiger partial charge in [0.25, 0.3) is 0 Å². The molecule has 0 spiro atoms. The van der Waals surface area contributed by atoms with Gasteiger partial charge in [0.15, 0.2) is 0 Å². The van der Waals surface area contributed by atoms with Crippen LogP contribution in [0.25, 0.3) is 0 Å². The van der Waals surface area contributed by atoms with Crippen LogP contribution in [-0.2, 0) is 9.53 Å². The first kappa shape index (κ1) is 13.2. The molecule has 0 atom stereocenters. The fraction of sp³-hybridized carbons (Fsp3) is 0.769. The Balaban J connectivity index is 2.29. The number of carbonyl (C=O) groups is 1. The fourth-order valence-electron chi connectivity index (χ4n) is 1.76. The lowest BCUT2D eigenvalue weighted by molar-refractivity contribution is -0.137. The highest BCUT2D eigenvalue weighted by Gasteiger charge is 2.28. The number of carbonyl (C=O) groups excluding carboxylic acids is 1. The van der Waals surface area contributed by atoms with Crippen molar-refractivity contribution in [2.45, 2.75) is 39.7 Å². The van der Waals surface area contributed by atoms with E-state index in [0.717, 1.165) is 19.1 Å². The number of hydrogen-bond donors (Lipinski definition) is 0. The lowest BCUT2D eigenvalue weighted by Crippen LogP contribution is -2.30. The predicted octanol–water partition coefficient (Wildman–Crippen LogP) is 2.23. The van der Waals surface area contributed by atoms with Gasteiger partial charge in [-0.25, -0.2) is 4.79 Å². The molecular weight excluding hydrogens is 202 g/mol. The lowest BCUT2D eigenvalue weighted by Gasteiger charge is -2.22. The van der Waals surface area contributed by atoms with Crippen LogP contribution in [0.15, 0.2) is 12.2 Å². The van der Waals surface area contributed by atoms with Gasteiger partial charge in [0.1, 0.15) is 0 Å². The third kappa shape index (κ3) is 5.31. The topological polar surface area (TPSA) is 29.5 Å². The molecular formula is C13H23NO2. The van der Waals surface area contributed by atoms with E-state index in [-0.39, 0.29) is 5.97 Å². The molecule has 0 unspecified atom stereocenters. The van der Waals surface area contributed by atoms with Crippen molar-refractivity contribution in [2.24, 2.45) is 5.92 Å². The summed E-state index contributed by atoms with van der Waals surface area (Å²) in [5.74, 6) is 0.444. The van der Waals surface area contributed by atoms with Crippen molar-refractivity contribution in [1.82, 2.24) is 4.90 Å². The molecule has 16 heavy (non-hydrogen) atoms. The van der Waals surface area contributed by atoms with Crippen LogP contribution >= 0.6 is 0 Å². The zero-order chi connectivity index (χ0) is 12.0. The van der Waals surface area contributed by atoms with Crippen LogP contribution in [0.2, 0.25) is 0 Å². The molecule has 1 aliphatic carbocycles. The Morgan fingerprint density at radius 1 is 1.50 bits per heavy atom. The normalized spacial score (nSPS) is 16.3. The number of ether oxygens (including phenoxy) is 1. The van der Waals surface area contributed by atoms with Gasteiger partial charge in [0.2, 0.25) is 0 Å². The molecule has 0 aliphatic heterocycles. The summed E-state index contributed by atoms with van der Waals surface area (Å²) in [6, 6.07) is 0.745. The van der Waals surface area contributed by atoms with Crippen molar-refractivity contribution >= 4 is 5.97 Å². The Labute approximate surface area is 98.5 Å². The maximum atomic E-state index is 11.1. The van der Waals surface area contributed by atoms with Gasteiger partial charge in [-0.05, 0) is 25.7 Å². The second-order valence-corrected chi connectivity index (χ2v) is 4.73. The Hall–Kier alpha value is -0.830. The summed E-state index contributed by atoms with van der Waals surface area (Å²) in [6.07, 6.45) is 6.07. The number of esters is 1. The first-order valence-corrected chi connectivity index (χ1v) is 6.20. The van der Waals surface area contributed by atoms with E-state index in [1.54, 1.807) is 6.08 Å². The summed E-state index contributed by atoms with van der Waals surface area (Å²) in [5, 5.41) is 0. The van der Waals surface area contributed by atoms with Crippen LogP contribution in [-0.4, -0.2) is 36.6 Å². The molecule has 0 N–H and O–H groups in total. The van der Waals surface area contributed by atoms with Gasteiger partial charge in [-0.1, -0.05) is 19.9 Å². The van der Waals surface area contributed by atoms with Gasteiger partial charge in [-0.2, -0.15) is 0 Å². The molecule has 0 radical (unpaired) electrons. The van der Waals surface area contributed by atoms with E-state index in [2.05, 4.69) is 18.7 Å². The molecule has 0 saturated heterocycles. The van der Waals surface area contributed by atoms with Crippen molar-refractivity contribution in [3.05, 3.63) is 12.2 Å². The quantitative estimate of drug-likeness (QED) is 0.491. The minimum absolute atomic E-state index is 0.234. The van der Waals surface area contributed by atoms with E-state index in [4.69, 9.17) is 4.74 Å². The van der Waals surface area contributed by atoms with Crippen LogP contribution in [0.3, 0.4) is 0 Å². The predicted molar refractivity (Wildman–Crippen MR) is 65.2 cm³/mol. The molecule has 0 aromatic carbocycles. The maximum absolute atomic E-state index is 11.1. The Morgan fingerprint density at radius 3 is 2.69 bits per heavy atom. The largest absolute Gasteiger partial charge is 0.463 e. The molecule has 1 fully saturated rings. The highest BCUT2D eigenvalue weighted by atomic mass is 16.5. The number of rotatable bonds is 7. The molecule has 0 heterocycles. The van der Waals surface area contributed by atoms with Gasteiger partial charge >= 0.3 is 5.97 Å². The van der Waals surface area contributed by atoms with Crippen molar-refractivity contribution in [2.75, 3.05) is 19.7 Å². The molecule has 1 rings (SSSR count). The second-order valence-electron chi connectivity index (χ2n) is 4.73. The number of hydrogen-bond acceptors (Lipinski definition) is 3. The monoisotopic (exact) mass is 225 g/mol. The minimum atomic E-state index is -0.234. The standard InChI is InChI=1S/C13H23NO2/c1-4-16-13(15)6-5-9-14(10-11(2)3)12-7-8-12/h5-6,11-12H,4,7-10H2,1-3H3/b6-5+. The van der Waals surface area contributed by atoms with Crippen LogP contribution in [0, 0.1) is 5.92 Å². The van der Waals surface area contributed by atoms with Crippen molar-refractivity contribution in [3.8, 4) is 0 Å². The van der Waals surface area contributed by atoms with Gasteiger partial charge in [-0.15, -0.1) is 0 Å². The minimum Gasteiger partial charge on any atom is -0.463 e. The summed E-state index contributed by atoms with van der Waals surface area (Å²) in [5.41, 5.74) is 0. The molecule has 0 amide bonds. The zero-order valence-corrected chi connectivity index (χ0v) is 10.6. The van der Waals surface area contributed by atoms with Crippen molar-refractivity contribution < 1.29 is 9.53 Å². The molecule has 0 bridgehead atoms. The van der Waals surface area contributed by atoms with Crippen LogP contribution in [0.1, 0.15) is 33.6 Å². The molecule has 0 aromatic heterocycles. The van der Waals surface area contributed by atoms with E-state index >= 15 is 0 Å². The highest BCUT2D eigenvalue weighted by molar-refractivity contribution is 5.81. The number of nitrogens with zero attached hydrogens (tertiary/aromatic N) is 1. The third-order valence-electron chi connectivity index (χ3n) is 2.54.